The van der Waals surface area contributed by atoms with E-state index in [1.165, 1.54) is 48.5 Å². The third kappa shape index (κ3) is 13.8. The molecule has 0 aliphatic heterocycles. The summed E-state index contributed by atoms with van der Waals surface area (Å²) < 4.78 is 14.6. The van der Waals surface area contributed by atoms with Gasteiger partial charge in [-0.15, -0.1) is 0 Å². The number of ether oxygens (including phenoxy) is 3. The fourth-order valence-electron chi connectivity index (χ4n) is 7.30. The van der Waals surface area contributed by atoms with Crippen LogP contribution in [0.1, 0.15) is 75.5 Å². The molecule has 7 N–H and O–H groups in total. The van der Waals surface area contributed by atoms with E-state index in [2.05, 4.69) is 9.80 Å². The lowest BCUT2D eigenvalue weighted by Gasteiger charge is -2.21. The number of hydrogen-bond donors (Lipinski definition) is 5. The van der Waals surface area contributed by atoms with E-state index in [1.807, 2.05) is 60.8 Å². The molecule has 18 nitrogen and oxygen atoms in total. The first-order valence-electron chi connectivity index (χ1n) is 22.6. The average molecular weight is 985 g/mol. The first-order chi connectivity index (χ1) is 34.4. The van der Waals surface area contributed by atoms with Gasteiger partial charge >= 0.3 is 0 Å². The van der Waals surface area contributed by atoms with Crippen molar-refractivity contribution in [1.29, 1.82) is 0 Å². The van der Waals surface area contributed by atoms with E-state index in [4.69, 9.17) is 25.7 Å². The summed E-state index contributed by atoms with van der Waals surface area (Å²) in [6, 6.07) is 28.3. The van der Waals surface area contributed by atoms with Crippen molar-refractivity contribution in [2.45, 2.75) is 27.7 Å². The SMILES string of the molecule is CCN(CC)c1ccc(C(=O)c2ccc(N(C)C)cc2OC=O)c(O)c1.CCN(CC)c1ccc(C(=O)c2ccc(N)cc2OC=O)c(O)c1.CN(C)c1ccc(C(=O)c2ccc(N)cc2OC=O)c(O)c1. The van der Waals surface area contributed by atoms with Crippen LogP contribution in [-0.4, -0.2) is 106 Å². The molecule has 0 fully saturated rings. The molecule has 18 heteroatoms. The predicted octanol–water partition coefficient (Wildman–Crippen LogP) is 7.46. The van der Waals surface area contributed by atoms with Crippen molar-refractivity contribution in [3.05, 3.63) is 143 Å². The van der Waals surface area contributed by atoms with Crippen LogP contribution < -0.4 is 45.3 Å². The molecule has 0 spiro atoms. The number of rotatable bonds is 20. The van der Waals surface area contributed by atoms with Crippen molar-refractivity contribution < 1.29 is 58.3 Å². The Morgan fingerprint density at radius 1 is 0.417 bits per heavy atom. The van der Waals surface area contributed by atoms with Crippen LogP contribution in [0.25, 0.3) is 0 Å². The summed E-state index contributed by atoms with van der Waals surface area (Å²) in [5.74, 6) is -1.43. The van der Waals surface area contributed by atoms with E-state index >= 15 is 0 Å². The maximum absolute atomic E-state index is 12.9. The minimum atomic E-state index is -0.459. The molecule has 6 rings (SSSR count). The second-order valence-corrected chi connectivity index (χ2v) is 16.1. The second kappa shape index (κ2) is 26.1. The number of phenols is 3. The highest BCUT2D eigenvalue weighted by atomic mass is 16.5. The van der Waals surface area contributed by atoms with Crippen molar-refractivity contribution in [3.8, 4) is 34.5 Å². The Balaban J connectivity index is 0.000000235. The summed E-state index contributed by atoms with van der Waals surface area (Å²) in [5, 5.41) is 30.7. The lowest BCUT2D eigenvalue weighted by atomic mass is 10.0. The first kappa shape index (κ1) is 55.5. The Morgan fingerprint density at radius 3 is 0.972 bits per heavy atom. The molecule has 0 bridgehead atoms. The zero-order valence-corrected chi connectivity index (χ0v) is 41.4. The molecule has 0 aliphatic rings. The number of carbonyl (C=O) groups excluding carboxylic acids is 6. The number of anilines is 6. The fourth-order valence-corrected chi connectivity index (χ4v) is 7.30. The molecule has 0 amide bonds. The molecule has 378 valence electrons. The number of benzene rings is 6. The van der Waals surface area contributed by atoms with Gasteiger partial charge in [0.1, 0.15) is 34.5 Å². The Bertz CT molecular complexity index is 2900. The van der Waals surface area contributed by atoms with Gasteiger partial charge in [-0.2, -0.15) is 0 Å². The van der Waals surface area contributed by atoms with Crippen LogP contribution >= 0.6 is 0 Å². The van der Waals surface area contributed by atoms with Crippen LogP contribution in [0.2, 0.25) is 0 Å². The Labute approximate surface area is 418 Å². The standard InChI is InChI=1S/C20H24N2O4.C18H20N2O4.C16H16N2O4/c1-5-22(6-2)15-8-9-16(18(24)11-15)20(25)17-10-7-14(21(3)4)12-19(17)26-13-23;1-3-20(4-2)13-6-8-14(16(22)10-13)18(23)15-7-5-12(19)9-17(15)24-11-21;1-18(2)11-4-6-12(14(20)8-11)16(21)13-5-3-10(17)7-15(13)22-9-19/h7-13,24H,5-6H2,1-4H3;5-11,22H,3-4,19H2,1-2H3;3-9,20H,17H2,1-2H3. The maximum Gasteiger partial charge on any atom is 0.298 e. The van der Waals surface area contributed by atoms with Gasteiger partial charge < -0.3 is 60.6 Å². The minimum Gasteiger partial charge on any atom is -0.507 e. The van der Waals surface area contributed by atoms with Crippen molar-refractivity contribution in [3.63, 3.8) is 0 Å². The van der Waals surface area contributed by atoms with Crippen molar-refractivity contribution >= 4 is 70.9 Å². The molecule has 0 unspecified atom stereocenters. The number of phenolic OH excluding ortho intramolecular Hbond substituents is 3. The largest absolute Gasteiger partial charge is 0.507 e. The monoisotopic (exact) mass is 984 g/mol. The van der Waals surface area contributed by atoms with Gasteiger partial charge in [0.15, 0.2) is 17.3 Å². The summed E-state index contributed by atoms with van der Waals surface area (Å²) >= 11 is 0. The number of aromatic hydroxyl groups is 3. The normalized spacial score (nSPS) is 10.2. The highest BCUT2D eigenvalue weighted by molar-refractivity contribution is 6.14. The molecule has 6 aromatic rings. The van der Waals surface area contributed by atoms with Gasteiger partial charge in [0.2, 0.25) is 0 Å². The maximum atomic E-state index is 12.9. The van der Waals surface area contributed by atoms with E-state index < -0.39 is 17.3 Å². The number of carbonyl (C=O) groups is 6. The van der Waals surface area contributed by atoms with Crippen molar-refractivity contribution in [2.75, 3.05) is 85.4 Å². The molecule has 0 radical (unpaired) electrons. The number of nitrogens with zero attached hydrogens (tertiary/aromatic N) is 4. The van der Waals surface area contributed by atoms with Gasteiger partial charge in [-0.3, -0.25) is 28.8 Å². The minimum absolute atomic E-state index is 0.0519. The smallest absolute Gasteiger partial charge is 0.298 e. The van der Waals surface area contributed by atoms with Gasteiger partial charge in [-0.1, -0.05) is 0 Å². The molecule has 72 heavy (non-hydrogen) atoms. The molecule has 0 atom stereocenters. The van der Waals surface area contributed by atoms with Gasteiger partial charge in [-0.05, 0) is 100 Å². The number of nitrogens with two attached hydrogens (primary N) is 2. The summed E-state index contributed by atoms with van der Waals surface area (Å²) in [6.07, 6.45) is 0. The zero-order valence-electron chi connectivity index (χ0n) is 41.4. The predicted molar refractivity (Wildman–Crippen MR) is 279 cm³/mol. The molecule has 0 saturated heterocycles. The fraction of sp³-hybridized carbons (Fsp3) is 0.222. The Morgan fingerprint density at radius 2 is 0.681 bits per heavy atom. The third-order valence-electron chi connectivity index (χ3n) is 11.2. The molecule has 0 aliphatic carbocycles. The van der Waals surface area contributed by atoms with Gasteiger partial charge in [0.05, 0.1) is 33.4 Å². The van der Waals surface area contributed by atoms with E-state index in [0.717, 1.165) is 48.9 Å². The molecule has 6 aromatic carbocycles. The van der Waals surface area contributed by atoms with Crippen molar-refractivity contribution in [1.82, 2.24) is 0 Å². The van der Waals surface area contributed by atoms with Crippen LogP contribution in [0.5, 0.6) is 34.5 Å². The van der Waals surface area contributed by atoms with E-state index in [-0.39, 0.29) is 87.3 Å². The summed E-state index contributed by atoms with van der Waals surface area (Å²) in [7, 11) is 7.34. The van der Waals surface area contributed by atoms with E-state index in [9.17, 15) is 44.1 Å². The van der Waals surface area contributed by atoms with Gasteiger partial charge in [0, 0.05) is 125 Å². The zero-order chi connectivity index (χ0) is 53.2. The lowest BCUT2D eigenvalue weighted by Crippen LogP contribution is -2.21. The van der Waals surface area contributed by atoms with Crippen LogP contribution in [0.15, 0.2) is 109 Å². The van der Waals surface area contributed by atoms with Gasteiger partial charge in [0.25, 0.3) is 19.4 Å². The summed E-state index contributed by atoms with van der Waals surface area (Å²) in [4.78, 5) is 77.9. The molecular formula is C54H60N6O12. The van der Waals surface area contributed by atoms with Crippen molar-refractivity contribution in [2.24, 2.45) is 0 Å². The van der Waals surface area contributed by atoms with E-state index in [1.54, 1.807) is 65.6 Å². The Kier molecular flexibility index (Phi) is 20.1. The molecule has 0 saturated carbocycles. The lowest BCUT2D eigenvalue weighted by molar-refractivity contribution is -0.121. The topological polar surface area (TPSA) is 256 Å². The van der Waals surface area contributed by atoms with Crippen LogP contribution in [0, 0.1) is 0 Å². The third-order valence-corrected chi connectivity index (χ3v) is 11.2. The number of nitrogen functional groups attached to an aromatic ring is 2. The van der Waals surface area contributed by atoms with Crippen LogP contribution in [0.3, 0.4) is 0 Å². The summed E-state index contributed by atoms with van der Waals surface area (Å²) in [5.41, 5.74) is 16.1. The number of hydrogen-bond acceptors (Lipinski definition) is 18. The van der Waals surface area contributed by atoms with Crippen LogP contribution in [0.4, 0.5) is 34.1 Å². The van der Waals surface area contributed by atoms with Gasteiger partial charge in [-0.25, -0.2) is 0 Å². The molecule has 0 heterocycles. The quantitative estimate of drug-likeness (QED) is 0.0282. The van der Waals surface area contributed by atoms with E-state index in [0.29, 0.717) is 11.4 Å². The molecular weight excluding hydrogens is 925 g/mol. The highest BCUT2D eigenvalue weighted by Crippen LogP contribution is 2.34. The Hall–Kier alpha value is -9.06. The first-order valence-corrected chi connectivity index (χ1v) is 22.6. The average Bonchev–Trinajstić information content (AvgIpc) is 3.35. The number of ketones is 3. The second-order valence-electron chi connectivity index (χ2n) is 16.1. The molecule has 0 aromatic heterocycles. The van der Waals surface area contributed by atoms with Crippen LogP contribution in [-0.2, 0) is 14.4 Å². The summed E-state index contributed by atoms with van der Waals surface area (Å²) in [6.45, 7) is 12.0. The highest BCUT2D eigenvalue weighted by Gasteiger charge is 2.23.